The Labute approximate surface area is 142 Å². The molecule has 0 spiro atoms. The monoisotopic (exact) mass is 322 g/mol. The van der Waals surface area contributed by atoms with Crippen molar-refractivity contribution in [3.63, 3.8) is 0 Å². The van der Waals surface area contributed by atoms with Crippen molar-refractivity contribution in [2.24, 2.45) is 29.6 Å². The topological polar surface area (TPSA) is 0 Å². The normalized spacial score (nSPS) is 35.5. The van der Waals surface area contributed by atoms with Crippen molar-refractivity contribution in [1.29, 1.82) is 0 Å². The molecule has 2 fully saturated rings. The summed E-state index contributed by atoms with van der Waals surface area (Å²) in [6, 6.07) is 10.8. The first-order valence-electron chi connectivity index (χ1n) is 9.26. The Hall–Kier alpha value is -1.08. The molecule has 122 valence electrons. The van der Waals surface area contributed by atoms with Gasteiger partial charge >= 0.3 is 0 Å². The number of rotatable bonds is 3. The van der Waals surface area contributed by atoms with Gasteiger partial charge in [0.15, 0.2) is 0 Å². The molecule has 3 aliphatic rings. The van der Waals surface area contributed by atoms with Crippen LogP contribution in [0.5, 0.6) is 0 Å². The standard InChI is InChI=1S/C22H30Si/c1-22(2,3)23(4,5)19-14-16-13-18(19)21-17(20(16)21)12-11-15-9-7-6-8-10-15/h6-12,14,16-18,20-21H,13H2,1-5H3/b12-11+/t16-,17?,18+,20+,21+/m1/s1. The highest BCUT2D eigenvalue weighted by Crippen LogP contribution is 2.71. The molecule has 0 aromatic heterocycles. The van der Waals surface area contributed by atoms with Gasteiger partial charge in [-0.3, -0.25) is 0 Å². The summed E-state index contributed by atoms with van der Waals surface area (Å²) in [4.78, 5) is 0. The number of hydrogen-bond donors (Lipinski definition) is 0. The molecule has 0 heterocycles. The van der Waals surface area contributed by atoms with Crippen LogP contribution in [0.15, 0.2) is 47.7 Å². The predicted molar refractivity (Wildman–Crippen MR) is 103 cm³/mol. The van der Waals surface area contributed by atoms with E-state index >= 15 is 0 Å². The van der Waals surface area contributed by atoms with Crippen molar-refractivity contribution in [2.45, 2.75) is 45.3 Å². The zero-order valence-corrected chi connectivity index (χ0v) is 16.2. The molecule has 1 unspecified atom stereocenters. The molecule has 1 heteroatoms. The van der Waals surface area contributed by atoms with Crippen LogP contribution in [0.25, 0.3) is 6.08 Å². The summed E-state index contributed by atoms with van der Waals surface area (Å²) in [6.07, 6.45) is 9.08. The Morgan fingerprint density at radius 1 is 1.04 bits per heavy atom. The summed E-state index contributed by atoms with van der Waals surface area (Å²) in [7, 11) is -1.32. The Bertz CT molecular complexity index is 659. The highest BCUT2D eigenvalue weighted by atomic mass is 28.3. The van der Waals surface area contributed by atoms with Crippen LogP contribution >= 0.6 is 0 Å². The Balaban J connectivity index is 1.51. The lowest BCUT2D eigenvalue weighted by atomic mass is 10.0. The minimum atomic E-state index is -1.32. The van der Waals surface area contributed by atoms with E-state index < -0.39 is 8.07 Å². The lowest BCUT2D eigenvalue weighted by Crippen LogP contribution is -2.42. The van der Waals surface area contributed by atoms with E-state index in [0.717, 1.165) is 29.6 Å². The zero-order chi connectivity index (χ0) is 16.4. The van der Waals surface area contributed by atoms with Gasteiger partial charge < -0.3 is 0 Å². The van der Waals surface area contributed by atoms with Gasteiger partial charge in [-0.1, -0.05) is 87.6 Å². The van der Waals surface area contributed by atoms with Gasteiger partial charge in [-0.05, 0) is 46.6 Å². The predicted octanol–water partition coefficient (Wildman–Crippen LogP) is 6.19. The summed E-state index contributed by atoms with van der Waals surface area (Å²) >= 11 is 0. The van der Waals surface area contributed by atoms with Crippen LogP contribution in [0.4, 0.5) is 0 Å². The summed E-state index contributed by atoms with van der Waals surface area (Å²) < 4.78 is 0. The fourth-order valence-corrected chi connectivity index (χ4v) is 7.85. The van der Waals surface area contributed by atoms with E-state index in [1.807, 2.05) is 5.20 Å². The molecule has 0 amide bonds. The van der Waals surface area contributed by atoms with Crippen molar-refractivity contribution >= 4 is 14.1 Å². The van der Waals surface area contributed by atoms with Crippen molar-refractivity contribution in [2.75, 3.05) is 0 Å². The average molecular weight is 323 g/mol. The average Bonchev–Trinajstić information content (AvgIpc) is 2.89. The smallest absolute Gasteiger partial charge is 0.0807 e. The molecule has 3 aliphatic carbocycles. The van der Waals surface area contributed by atoms with Gasteiger partial charge in [0.1, 0.15) is 0 Å². The molecule has 0 nitrogen and oxygen atoms in total. The number of benzene rings is 1. The van der Waals surface area contributed by atoms with Gasteiger partial charge in [-0.15, -0.1) is 0 Å². The molecule has 23 heavy (non-hydrogen) atoms. The van der Waals surface area contributed by atoms with E-state index in [1.165, 1.54) is 12.0 Å². The fourth-order valence-electron chi connectivity index (χ4n) is 5.12. The molecule has 1 aromatic rings. The summed E-state index contributed by atoms with van der Waals surface area (Å²) in [5.41, 5.74) is 1.35. The minimum Gasteiger partial charge on any atom is -0.0854 e. The first-order valence-corrected chi connectivity index (χ1v) is 12.3. The van der Waals surface area contributed by atoms with E-state index in [4.69, 9.17) is 0 Å². The maximum atomic E-state index is 2.74. The molecule has 5 atom stereocenters. The SMILES string of the molecule is CC(C)(C)[Si](C)(C)C1=C[C@H]2C[C@@H]1[C@@H]1C(/C=C/c3ccccc3)[C@@H]12. The Kier molecular flexibility index (Phi) is 3.33. The van der Waals surface area contributed by atoms with Gasteiger partial charge in [-0.25, -0.2) is 0 Å². The second kappa shape index (κ2) is 4.96. The van der Waals surface area contributed by atoms with Crippen LogP contribution < -0.4 is 0 Å². The first-order chi connectivity index (χ1) is 10.8. The molecule has 1 aromatic carbocycles. The van der Waals surface area contributed by atoms with Gasteiger partial charge in [0.25, 0.3) is 0 Å². The third-order valence-electron chi connectivity index (χ3n) is 7.38. The van der Waals surface area contributed by atoms with E-state index in [9.17, 15) is 0 Å². The van der Waals surface area contributed by atoms with Crippen LogP contribution in [-0.4, -0.2) is 8.07 Å². The van der Waals surface area contributed by atoms with Crippen LogP contribution in [0, 0.1) is 29.6 Å². The van der Waals surface area contributed by atoms with Crippen molar-refractivity contribution < 1.29 is 0 Å². The van der Waals surface area contributed by atoms with E-state index in [0.29, 0.717) is 5.04 Å². The first kappa shape index (κ1) is 15.4. The van der Waals surface area contributed by atoms with Crippen LogP contribution in [0.2, 0.25) is 18.1 Å². The molecular formula is C22H30Si. The highest BCUT2D eigenvalue weighted by Gasteiger charge is 2.66. The second-order valence-corrected chi connectivity index (χ2v) is 14.8. The van der Waals surface area contributed by atoms with E-state index in [-0.39, 0.29) is 0 Å². The minimum absolute atomic E-state index is 0.475. The third-order valence-corrected chi connectivity index (χ3v) is 13.1. The van der Waals surface area contributed by atoms with Crippen molar-refractivity contribution in [3.05, 3.63) is 53.2 Å². The van der Waals surface area contributed by atoms with Crippen molar-refractivity contribution in [1.82, 2.24) is 0 Å². The molecule has 2 bridgehead atoms. The fraction of sp³-hybridized carbons (Fsp3) is 0.545. The van der Waals surface area contributed by atoms with Gasteiger partial charge in [0.2, 0.25) is 0 Å². The molecule has 0 aliphatic heterocycles. The lowest BCUT2D eigenvalue weighted by molar-refractivity contribution is 0.523. The Morgan fingerprint density at radius 3 is 2.39 bits per heavy atom. The van der Waals surface area contributed by atoms with Crippen LogP contribution in [-0.2, 0) is 0 Å². The summed E-state index contributed by atoms with van der Waals surface area (Å²) in [5.74, 6) is 4.58. The second-order valence-electron chi connectivity index (χ2n) is 9.50. The molecule has 4 rings (SSSR count). The maximum Gasteiger partial charge on any atom is 0.0807 e. The molecular weight excluding hydrogens is 292 g/mol. The largest absolute Gasteiger partial charge is 0.0854 e. The van der Waals surface area contributed by atoms with Gasteiger partial charge in [0, 0.05) is 0 Å². The quantitative estimate of drug-likeness (QED) is 0.582. The Morgan fingerprint density at radius 2 is 1.74 bits per heavy atom. The molecule has 0 N–H and O–H groups in total. The zero-order valence-electron chi connectivity index (χ0n) is 15.2. The molecule has 0 saturated heterocycles. The number of fused-ring (bicyclic) bond motifs is 5. The lowest BCUT2D eigenvalue weighted by Gasteiger charge is -2.41. The number of hydrogen-bond acceptors (Lipinski definition) is 0. The summed E-state index contributed by atoms with van der Waals surface area (Å²) in [5, 5.41) is 2.38. The van der Waals surface area contributed by atoms with Crippen LogP contribution in [0.3, 0.4) is 0 Å². The highest BCUT2D eigenvalue weighted by molar-refractivity contribution is 6.87. The van der Waals surface area contributed by atoms with Crippen LogP contribution in [0.1, 0.15) is 32.8 Å². The van der Waals surface area contributed by atoms with Gasteiger partial charge in [-0.2, -0.15) is 0 Å². The van der Waals surface area contributed by atoms with Gasteiger partial charge in [0.05, 0.1) is 8.07 Å². The third kappa shape index (κ3) is 2.31. The summed E-state index contributed by atoms with van der Waals surface area (Å²) in [6.45, 7) is 12.6. The number of allylic oxidation sites excluding steroid dienone is 3. The maximum absolute atomic E-state index is 2.74. The van der Waals surface area contributed by atoms with E-state index in [1.54, 1.807) is 0 Å². The van der Waals surface area contributed by atoms with E-state index in [2.05, 4.69) is 82.4 Å². The van der Waals surface area contributed by atoms with Crippen molar-refractivity contribution in [3.8, 4) is 0 Å². The molecule has 2 saturated carbocycles. The molecule has 0 radical (unpaired) electrons.